The minimum absolute atomic E-state index is 0.180. The largest absolute Gasteiger partial charge is 0.410 e. The topological polar surface area (TPSA) is 81.9 Å². The summed E-state index contributed by atoms with van der Waals surface area (Å²) in [6.45, 7) is 1.79. The van der Waals surface area contributed by atoms with Crippen molar-refractivity contribution < 1.29 is 19.2 Å². The highest BCUT2D eigenvalue weighted by atomic mass is 32.1. The molecule has 16 heavy (non-hydrogen) atoms. The van der Waals surface area contributed by atoms with Crippen LogP contribution in [0.2, 0.25) is 0 Å². The zero-order chi connectivity index (χ0) is 12.3. The van der Waals surface area contributed by atoms with Crippen LogP contribution in [-0.2, 0) is 4.84 Å². The number of hydrogen-bond donors (Lipinski definition) is 1. The van der Waals surface area contributed by atoms with Crippen molar-refractivity contribution in [2.24, 2.45) is 5.73 Å². The molecule has 0 spiro atoms. The van der Waals surface area contributed by atoms with Crippen molar-refractivity contribution >= 4 is 23.3 Å². The molecule has 0 fully saturated rings. The molecule has 0 unspecified atom stereocenters. The lowest BCUT2D eigenvalue weighted by Crippen LogP contribution is -2.26. The van der Waals surface area contributed by atoms with Gasteiger partial charge in [-0.05, 0) is 13.0 Å². The van der Waals surface area contributed by atoms with E-state index < -0.39 is 12.0 Å². The molecule has 1 heterocycles. The van der Waals surface area contributed by atoms with Gasteiger partial charge in [0.2, 0.25) is 0 Å². The van der Waals surface area contributed by atoms with E-state index in [0.717, 1.165) is 9.94 Å². The average Bonchev–Trinajstić information content (AvgIpc) is 2.56. The van der Waals surface area contributed by atoms with Gasteiger partial charge in [-0.2, -0.15) is 0 Å². The number of carbonyl (C=O) groups is 2. The molecule has 0 saturated heterocycles. The minimum atomic E-state index is -0.948. The van der Waals surface area contributed by atoms with Crippen LogP contribution < -0.4 is 10.5 Å². The Kier molecular flexibility index (Phi) is 3.86. The van der Waals surface area contributed by atoms with Gasteiger partial charge in [0, 0.05) is 11.9 Å². The van der Waals surface area contributed by atoms with Crippen LogP contribution in [0.25, 0.3) is 0 Å². The molecular weight excluding hydrogens is 232 g/mol. The van der Waals surface area contributed by atoms with Crippen LogP contribution in [0.3, 0.4) is 0 Å². The van der Waals surface area contributed by atoms with Crippen LogP contribution in [-0.4, -0.2) is 31.2 Å². The second-order valence-electron chi connectivity index (χ2n) is 2.96. The summed E-state index contributed by atoms with van der Waals surface area (Å²) < 4.78 is 4.74. The van der Waals surface area contributed by atoms with E-state index in [4.69, 9.17) is 15.3 Å². The van der Waals surface area contributed by atoms with Crippen molar-refractivity contribution in [3.8, 4) is 5.06 Å². The summed E-state index contributed by atoms with van der Waals surface area (Å²) in [7, 11) is 2.83. The van der Waals surface area contributed by atoms with E-state index in [9.17, 15) is 9.59 Å². The monoisotopic (exact) mass is 244 g/mol. The molecule has 2 amide bonds. The SMILES string of the molecule is CON(C)C(=O)c1cc(C)sc1OC(N)=O. The first kappa shape index (κ1) is 12.5. The van der Waals surface area contributed by atoms with Crippen LogP contribution in [0.1, 0.15) is 15.2 Å². The second kappa shape index (κ2) is 4.95. The van der Waals surface area contributed by atoms with E-state index in [1.165, 1.54) is 25.5 Å². The van der Waals surface area contributed by atoms with Gasteiger partial charge < -0.3 is 10.5 Å². The predicted molar refractivity (Wildman–Crippen MR) is 58.4 cm³/mol. The summed E-state index contributed by atoms with van der Waals surface area (Å²) >= 11 is 1.17. The number of aryl methyl sites for hydroxylation is 1. The lowest BCUT2D eigenvalue weighted by atomic mass is 10.3. The Morgan fingerprint density at radius 3 is 2.62 bits per heavy atom. The number of carbonyl (C=O) groups excluding carboxylic acids is 2. The molecule has 7 heteroatoms. The number of amides is 2. The molecular formula is C9H12N2O4S. The smallest absolute Gasteiger partial charge is 0.398 e. The van der Waals surface area contributed by atoms with Crippen molar-refractivity contribution in [3.05, 3.63) is 16.5 Å². The Morgan fingerprint density at radius 2 is 2.12 bits per heavy atom. The third-order valence-corrected chi connectivity index (χ3v) is 2.73. The van der Waals surface area contributed by atoms with Gasteiger partial charge in [-0.3, -0.25) is 9.63 Å². The molecule has 1 rings (SSSR count). The maximum absolute atomic E-state index is 11.8. The van der Waals surface area contributed by atoms with Crippen molar-refractivity contribution in [1.82, 2.24) is 5.06 Å². The number of nitrogens with zero attached hydrogens (tertiary/aromatic N) is 1. The number of hydroxylamine groups is 2. The van der Waals surface area contributed by atoms with Crippen LogP contribution in [0, 0.1) is 6.92 Å². The summed E-state index contributed by atoms with van der Waals surface area (Å²) in [5.74, 6) is -0.400. The maximum Gasteiger partial charge on any atom is 0.410 e. The fourth-order valence-electron chi connectivity index (χ4n) is 1.06. The zero-order valence-electron chi connectivity index (χ0n) is 9.14. The third-order valence-electron chi connectivity index (χ3n) is 1.80. The average molecular weight is 244 g/mol. The summed E-state index contributed by atoms with van der Waals surface area (Å²) in [5, 5.41) is 1.22. The maximum atomic E-state index is 11.8. The van der Waals surface area contributed by atoms with Crippen molar-refractivity contribution in [2.45, 2.75) is 6.92 Å². The molecule has 0 aromatic carbocycles. The lowest BCUT2D eigenvalue weighted by Gasteiger charge is -2.13. The molecule has 1 aromatic heterocycles. The first-order chi connectivity index (χ1) is 7.45. The summed E-state index contributed by atoms with van der Waals surface area (Å²) in [6, 6.07) is 1.61. The number of primary amides is 1. The molecule has 88 valence electrons. The quantitative estimate of drug-likeness (QED) is 0.808. The van der Waals surface area contributed by atoms with Gasteiger partial charge in [-0.1, -0.05) is 0 Å². The number of thiophene rings is 1. The van der Waals surface area contributed by atoms with Gasteiger partial charge in [0.1, 0.15) is 0 Å². The van der Waals surface area contributed by atoms with Gasteiger partial charge in [-0.25, -0.2) is 9.86 Å². The van der Waals surface area contributed by atoms with E-state index in [2.05, 4.69) is 0 Å². The Labute approximate surface area is 96.5 Å². The lowest BCUT2D eigenvalue weighted by molar-refractivity contribution is -0.0757. The fourth-order valence-corrected chi connectivity index (χ4v) is 1.91. The molecule has 6 nitrogen and oxygen atoms in total. The van der Waals surface area contributed by atoms with Crippen LogP contribution in [0.15, 0.2) is 6.07 Å². The number of rotatable bonds is 3. The van der Waals surface area contributed by atoms with Gasteiger partial charge in [-0.15, -0.1) is 11.3 Å². The first-order valence-electron chi connectivity index (χ1n) is 4.35. The van der Waals surface area contributed by atoms with E-state index in [1.807, 2.05) is 0 Å². The Bertz CT molecular complexity index is 416. The van der Waals surface area contributed by atoms with Crippen molar-refractivity contribution in [3.63, 3.8) is 0 Å². The van der Waals surface area contributed by atoms with E-state index >= 15 is 0 Å². The van der Waals surface area contributed by atoms with Gasteiger partial charge in [0.25, 0.3) is 5.91 Å². The molecule has 0 radical (unpaired) electrons. The number of ether oxygens (including phenoxy) is 1. The molecule has 0 atom stereocenters. The summed E-state index contributed by atoms with van der Waals surface area (Å²) in [4.78, 5) is 28.0. The highest BCUT2D eigenvalue weighted by molar-refractivity contribution is 7.14. The number of nitrogens with two attached hydrogens (primary N) is 1. The van der Waals surface area contributed by atoms with E-state index in [0.29, 0.717) is 0 Å². The molecule has 0 bridgehead atoms. The standard InChI is InChI=1S/C9H12N2O4S/c1-5-4-6(7(12)11(2)14-3)8(16-5)15-9(10)13/h4H,1-3H3,(H2,10,13). The zero-order valence-corrected chi connectivity index (χ0v) is 9.96. The summed E-state index contributed by atoms with van der Waals surface area (Å²) in [6.07, 6.45) is -0.948. The highest BCUT2D eigenvalue weighted by Gasteiger charge is 2.21. The van der Waals surface area contributed by atoms with Crippen LogP contribution >= 0.6 is 11.3 Å². The first-order valence-corrected chi connectivity index (χ1v) is 5.17. The molecule has 0 aliphatic carbocycles. The normalized spacial score (nSPS) is 9.94. The molecule has 0 saturated carbocycles. The predicted octanol–water partition coefficient (Wildman–Crippen LogP) is 1.15. The summed E-state index contributed by atoms with van der Waals surface area (Å²) in [5.41, 5.74) is 5.16. The molecule has 2 N–H and O–H groups in total. The van der Waals surface area contributed by atoms with Crippen LogP contribution in [0.4, 0.5) is 4.79 Å². The Morgan fingerprint density at radius 1 is 1.50 bits per heavy atom. The third kappa shape index (κ3) is 2.71. The Hall–Kier alpha value is -1.60. The van der Waals surface area contributed by atoms with Gasteiger partial charge in [0.05, 0.1) is 12.7 Å². The van der Waals surface area contributed by atoms with Gasteiger partial charge >= 0.3 is 6.09 Å². The van der Waals surface area contributed by atoms with Gasteiger partial charge in [0.15, 0.2) is 5.06 Å². The van der Waals surface area contributed by atoms with E-state index in [-0.39, 0.29) is 10.6 Å². The van der Waals surface area contributed by atoms with Crippen molar-refractivity contribution in [1.29, 1.82) is 0 Å². The Balaban J connectivity index is 3.02. The van der Waals surface area contributed by atoms with Crippen LogP contribution in [0.5, 0.6) is 5.06 Å². The molecule has 1 aromatic rings. The van der Waals surface area contributed by atoms with Crippen molar-refractivity contribution in [2.75, 3.05) is 14.2 Å². The molecule has 0 aliphatic rings. The minimum Gasteiger partial charge on any atom is -0.398 e. The van der Waals surface area contributed by atoms with E-state index in [1.54, 1.807) is 13.0 Å². The number of hydrogen-bond acceptors (Lipinski definition) is 5. The second-order valence-corrected chi connectivity index (χ2v) is 4.18. The molecule has 0 aliphatic heterocycles. The fraction of sp³-hybridized carbons (Fsp3) is 0.333. The highest BCUT2D eigenvalue weighted by Crippen LogP contribution is 2.30.